The minimum Gasteiger partial charge on any atom is -0.493 e. The molecule has 0 saturated carbocycles. The molecule has 1 atom stereocenters. The maximum atomic E-state index is 5.37. The van der Waals surface area contributed by atoms with Crippen LogP contribution in [-0.2, 0) is 0 Å². The van der Waals surface area contributed by atoms with E-state index in [4.69, 9.17) is 14.2 Å². The van der Waals surface area contributed by atoms with Gasteiger partial charge in [0.1, 0.15) is 5.82 Å². The highest BCUT2D eigenvalue weighted by Gasteiger charge is 2.14. The van der Waals surface area contributed by atoms with Crippen molar-refractivity contribution in [2.45, 2.75) is 33.2 Å². The van der Waals surface area contributed by atoms with Crippen molar-refractivity contribution in [1.29, 1.82) is 0 Å². The molecule has 0 fully saturated rings. The van der Waals surface area contributed by atoms with E-state index in [2.05, 4.69) is 34.4 Å². The highest BCUT2D eigenvalue weighted by molar-refractivity contribution is 5.66. The Kier molecular flexibility index (Phi) is 6.27. The summed E-state index contributed by atoms with van der Waals surface area (Å²) in [6, 6.07) is 5.89. The molecule has 2 N–H and O–H groups in total. The van der Waals surface area contributed by atoms with Gasteiger partial charge in [-0.05, 0) is 20.3 Å². The SMILES string of the molecule is CCC(C)Nc1cc(C)nc(Nc2cc(OC)c(OC)c(OC)c2)n1. The average molecular weight is 346 g/mol. The monoisotopic (exact) mass is 346 g/mol. The fourth-order valence-electron chi connectivity index (χ4n) is 2.34. The quantitative estimate of drug-likeness (QED) is 0.753. The molecule has 7 heteroatoms. The van der Waals surface area contributed by atoms with Gasteiger partial charge in [0.05, 0.1) is 21.3 Å². The van der Waals surface area contributed by atoms with E-state index < -0.39 is 0 Å². The predicted octanol–water partition coefficient (Wildman–Crippen LogP) is 3.76. The van der Waals surface area contributed by atoms with Gasteiger partial charge in [-0.1, -0.05) is 6.92 Å². The van der Waals surface area contributed by atoms with Gasteiger partial charge in [-0.3, -0.25) is 0 Å². The summed E-state index contributed by atoms with van der Waals surface area (Å²) < 4.78 is 16.1. The fraction of sp³-hybridized carbons (Fsp3) is 0.444. The Bertz CT molecular complexity index is 696. The highest BCUT2D eigenvalue weighted by Crippen LogP contribution is 2.40. The zero-order valence-electron chi connectivity index (χ0n) is 15.6. The molecule has 1 aromatic carbocycles. The van der Waals surface area contributed by atoms with Gasteiger partial charge < -0.3 is 24.8 Å². The van der Waals surface area contributed by atoms with E-state index in [1.807, 2.05) is 25.1 Å². The molecule has 0 saturated heterocycles. The van der Waals surface area contributed by atoms with Crippen LogP contribution in [0.1, 0.15) is 26.0 Å². The van der Waals surface area contributed by atoms with Crippen molar-refractivity contribution < 1.29 is 14.2 Å². The molecule has 0 radical (unpaired) electrons. The second kappa shape index (κ2) is 8.41. The van der Waals surface area contributed by atoms with Crippen molar-refractivity contribution in [1.82, 2.24) is 9.97 Å². The molecule has 0 aliphatic heterocycles. The molecular formula is C18H26N4O3. The van der Waals surface area contributed by atoms with Crippen molar-refractivity contribution in [2.24, 2.45) is 0 Å². The van der Waals surface area contributed by atoms with Gasteiger partial charge in [0, 0.05) is 35.6 Å². The number of hydrogen-bond acceptors (Lipinski definition) is 7. The van der Waals surface area contributed by atoms with E-state index in [9.17, 15) is 0 Å². The summed E-state index contributed by atoms with van der Waals surface area (Å²) in [6.07, 6.45) is 1.01. The molecule has 1 heterocycles. The van der Waals surface area contributed by atoms with E-state index in [1.165, 1.54) is 0 Å². The standard InChI is InChI=1S/C18H26N4O3/c1-7-11(2)19-16-8-12(3)20-18(22-16)21-13-9-14(23-4)17(25-6)15(10-13)24-5/h8-11H,7H2,1-6H3,(H2,19,20,21,22). The van der Waals surface area contributed by atoms with E-state index >= 15 is 0 Å². The number of aromatic nitrogens is 2. The lowest BCUT2D eigenvalue weighted by molar-refractivity contribution is 0.324. The lowest BCUT2D eigenvalue weighted by Gasteiger charge is -2.16. The largest absolute Gasteiger partial charge is 0.493 e. The molecule has 0 aliphatic carbocycles. The molecule has 25 heavy (non-hydrogen) atoms. The molecule has 1 aromatic heterocycles. The lowest BCUT2D eigenvalue weighted by atomic mass is 10.2. The summed E-state index contributed by atoms with van der Waals surface area (Å²) in [5, 5.41) is 6.56. The van der Waals surface area contributed by atoms with Gasteiger partial charge in [-0.2, -0.15) is 4.98 Å². The lowest BCUT2D eigenvalue weighted by Crippen LogP contribution is -2.15. The van der Waals surface area contributed by atoms with Crippen molar-refractivity contribution >= 4 is 17.5 Å². The molecule has 136 valence electrons. The van der Waals surface area contributed by atoms with Gasteiger partial charge in [-0.15, -0.1) is 0 Å². The zero-order valence-corrected chi connectivity index (χ0v) is 15.6. The van der Waals surface area contributed by atoms with E-state index in [0.717, 1.165) is 23.6 Å². The van der Waals surface area contributed by atoms with Crippen LogP contribution < -0.4 is 24.8 Å². The second-order valence-electron chi connectivity index (χ2n) is 5.71. The summed E-state index contributed by atoms with van der Waals surface area (Å²) in [6.45, 7) is 6.17. The average Bonchev–Trinajstić information content (AvgIpc) is 2.60. The van der Waals surface area contributed by atoms with Crippen LogP contribution in [0.2, 0.25) is 0 Å². The Balaban J connectivity index is 2.33. The number of benzene rings is 1. The summed E-state index contributed by atoms with van der Waals surface area (Å²) >= 11 is 0. The van der Waals surface area contributed by atoms with Crippen LogP contribution >= 0.6 is 0 Å². The number of hydrogen-bond donors (Lipinski definition) is 2. The first-order valence-corrected chi connectivity index (χ1v) is 8.19. The number of nitrogens with zero attached hydrogens (tertiary/aromatic N) is 2. The Morgan fingerprint density at radius 2 is 1.64 bits per heavy atom. The first kappa shape index (κ1) is 18.6. The Morgan fingerprint density at radius 1 is 1.00 bits per heavy atom. The van der Waals surface area contributed by atoms with E-state index in [0.29, 0.717) is 29.2 Å². The highest BCUT2D eigenvalue weighted by atomic mass is 16.5. The molecular weight excluding hydrogens is 320 g/mol. The molecule has 0 spiro atoms. The minimum atomic E-state index is 0.336. The number of rotatable bonds is 8. The molecule has 0 aliphatic rings. The van der Waals surface area contributed by atoms with Gasteiger partial charge >= 0.3 is 0 Å². The van der Waals surface area contributed by atoms with Crippen molar-refractivity contribution in [3.05, 3.63) is 23.9 Å². The van der Waals surface area contributed by atoms with Crippen molar-refractivity contribution in [3.8, 4) is 17.2 Å². The molecule has 2 rings (SSSR count). The van der Waals surface area contributed by atoms with Gasteiger partial charge in [0.25, 0.3) is 0 Å². The zero-order chi connectivity index (χ0) is 18.4. The fourth-order valence-corrected chi connectivity index (χ4v) is 2.34. The second-order valence-corrected chi connectivity index (χ2v) is 5.71. The maximum absolute atomic E-state index is 5.37. The summed E-state index contributed by atoms with van der Waals surface area (Å²) in [4.78, 5) is 8.96. The van der Waals surface area contributed by atoms with Gasteiger partial charge in [-0.25, -0.2) is 4.98 Å². The summed E-state index contributed by atoms with van der Waals surface area (Å²) in [7, 11) is 4.74. The van der Waals surface area contributed by atoms with Crippen molar-refractivity contribution in [2.75, 3.05) is 32.0 Å². The van der Waals surface area contributed by atoms with Crippen LogP contribution in [0.5, 0.6) is 17.2 Å². The summed E-state index contributed by atoms with van der Waals surface area (Å²) in [5.41, 5.74) is 1.62. The first-order chi connectivity index (χ1) is 12.0. The van der Waals surface area contributed by atoms with Crippen LogP contribution in [0.25, 0.3) is 0 Å². The Labute approximate surface area is 148 Å². The third-order valence-corrected chi connectivity index (χ3v) is 3.78. The predicted molar refractivity (Wildman–Crippen MR) is 99.5 cm³/mol. The maximum Gasteiger partial charge on any atom is 0.229 e. The normalized spacial score (nSPS) is 11.6. The third-order valence-electron chi connectivity index (χ3n) is 3.78. The van der Waals surface area contributed by atoms with Crippen molar-refractivity contribution in [3.63, 3.8) is 0 Å². The van der Waals surface area contributed by atoms with Crippen LogP contribution in [0.3, 0.4) is 0 Å². The van der Waals surface area contributed by atoms with Crippen LogP contribution in [0, 0.1) is 6.92 Å². The number of anilines is 3. The topological polar surface area (TPSA) is 77.5 Å². The molecule has 1 unspecified atom stereocenters. The first-order valence-electron chi connectivity index (χ1n) is 8.19. The van der Waals surface area contributed by atoms with E-state index in [-0.39, 0.29) is 0 Å². The number of aryl methyl sites for hydroxylation is 1. The number of ether oxygens (including phenoxy) is 3. The molecule has 7 nitrogen and oxygen atoms in total. The Morgan fingerprint density at radius 3 is 2.16 bits per heavy atom. The van der Waals surface area contributed by atoms with Gasteiger partial charge in [0.15, 0.2) is 11.5 Å². The number of methoxy groups -OCH3 is 3. The number of nitrogens with one attached hydrogen (secondary N) is 2. The smallest absolute Gasteiger partial charge is 0.229 e. The third kappa shape index (κ3) is 4.65. The summed E-state index contributed by atoms with van der Waals surface area (Å²) in [5.74, 6) is 2.96. The molecule has 0 amide bonds. The minimum absolute atomic E-state index is 0.336. The Hall–Kier alpha value is -2.70. The van der Waals surface area contributed by atoms with Gasteiger partial charge in [0.2, 0.25) is 11.7 Å². The van der Waals surface area contributed by atoms with Crippen LogP contribution in [-0.4, -0.2) is 37.3 Å². The van der Waals surface area contributed by atoms with E-state index in [1.54, 1.807) is 21.3 Å². The van der Waals surface area contributed by atoms with Crippen LogP contribution in [0.4, 0.5) is 17.5 Å². The molecule has 0 bridgehead atoms. The molecule has 2 aromatic rings. The van der Waals surface area contributed by atoms with Crippen LogP contribution in [0.15, 0.2) is 18.2 Å².